The molecule has 2 heterocycles. The average molecular weight is 400 g/mol. The first kappa shape index (κ1) is 18.4. The van der Waals surface area contributed by atoms with Crippen molar-refractivity contribution in [2.24, 2.45) is 0 Å². The lowest BCUT2D eigenvalue weighted by atomic mass is 10.2. The number of hydrogen-bond donors (Lipinski definition) is 1. The molecule has 0 saturated carbocycles. The van der Waals surface area contributed by atoms with E-state index in [2.05, 4.69) is 11.8 Å². The van der Waals surface area contributed by atoms with Gasteiger partial charge in [0.15, 0.2) is 0 Å². The Morgan fingerprint density at radius 1 is 1.19 bits per heavy atom. The zero-order chi connectivity index (χ0) is 18.5. The minimum Gasteiger partial charge on any atom is -0.481 e. The quantitative estimate of drug-likeness (QED) is 0.481. The fourth-order valence-corrected chi connectivity index (χ4v) is 4.36. The van der Waals surface area contributed by atoms with Crippen molar-refractivity contribution in [1.82, 2.24) is 4.90 Å². The Bertz CT molecular complexity index is 951. The van der Waals surface area contributed by atoms with Crippen LogP contribution in [0.5, 0.6) is 0 Å². The third kappa shape index (κ3) is 4.61. The van der Waals surface area contributed by atoms with Gasteiger partial charge < -0.3 is 5.11 Å². The Morgan fingerprint density at radius 2 is 1.96 bits per heavy atom. The Morgan fingerprint density at radius 3 is 2.69 bits per heavy atom. The molecule has 0 spiro atoms. The second-order valence-electron chi connectivity index (χ2n) is 5.30. The molecule has 0 bridgehead atoms. The van der Waals surface area contributed by atoms with Crippen molar-refractivity contribution >= 4 is 57.6 Å². The number of nitrogens with zero attached hydrogens (tertiary/aromatic N) is 1. The van der Waals surface area contributed by atoms with Gasteiger partial charge >= 0.3 is 5.97 Å². The fourth-order valence-electron chi connectivity index (χ4n) is 2.18. The van der Waals surface area contributed by atoms with Crippen LogP contribution in [0.15, 0.2) is 47.4 Å². The fraction of sp³-hybridized carbons (Fsp3) is 0.105. The van der Waals surface area contributed by atoms with Gasteiger partial charge in [-0.3, -0.25) is 14.5 Å². The molecule has 0 aliphatic carbocycles. The van der Waals surface area contributed by atoms with E-state index in [4.69, 9.17) is 17.3 Å². The maximum atomic E-state index is 12.4. The summed E-state index contributed by atoms with van der Waals surface area (Å²) in [6.45, 7) is 0.0928. The smallest absolute Gasteiger partial charge is 0.305 e. The van der Waals surface area contributed by atoms with Crippen LogP contribution in [0.1, 0.15) is 21.7 Å². The van der Waals surface area contributed by atoms with Gasteiger partial charge in [-0.2, -0.15) is 0 Å². The molecule has 0 radical (unpaired) electrons. The van der Waals surface area contributed by atoms with Crippen LogP contribution in [0.4, 0.5) is 0 Å². The molecular formula is C19H13NO3S3. The van der Waals surface area contributed by atoms with Gasteiger partial charge in [0.25, 0.3) is 5.91 Å². The van der Waals surface area contributed by atoms with Crippen LogP contribution in [0, 0.1) is 11.8 Å². The minimum atomic E-state index is -0.956. The van der Waals surface area contributed by atoms with E-state index < -0.39 is 5.97 Å². The summed E-state index contributed by atoms with van der Waals surface area (Å²) in [7, 11) is 0. The molecule has 1 aromatic carbocycles. The third-order valence-corrected chi connectivity index (χ3v) is 5.75. The van der Waals surface area contributed by atoms with Crippen molar-refractivity contribution in [3.05, 3.63) is 62.7 Å². The summed E-state index contributed by atoms with van der Waals surface area (Å²) >= 11 is 7.86. The lowest BCUT2D eigenvalue weighted by Gasteiger charge is -2.12. The van der Waals surface area contributed by atoms with E-state index in [-0.39, 0.29) is 18.9 Å². The molecule has 1 amide bonds. The number of thioether (sulfide) groups is 1. The second-order valence-corrected chi connectivity index (χ2v) is 8.09. The summed E-state index contributed by atoms with van der Waals surface area (Å²) in [6, 6.07) is 13.5. The summed E-state index contributed by atoms with van der Waals surface area (Å²) in [5.74, 6) is 5.02. The van der Waals surface area contributed by atoms with Crippen molar-refractivity contribution in [2.45, 2.75) is 6.42 Å². The Labute approximate surface area is 164 Å². The van der Waals surface area contributed by atoms with Crippen LogP contribution in [0.2, 0.25) is 0 Å². The van der Waals surface area contributed by atoms with E-state index in [1.807, 2.05) is 42.5 Å². The molecule has 1 aliphatic rings. The molecule has 26 heavy (non-hydrogen) atoms. The zero-order valence-corrected chi connectivity index (χ0v) is 15.9. The topological polar surface area (TPSA) is 57.6 Å². The molecule has 1 saturated heterocycles. The molecule has 1 aromatic heterocycles. The highest BCUT2D eigenvalue weighted by Gasteiger charge is 2.32. The van der Waals surface area contributed by atoms with Crippen molar-refractivity contribution in [2.75, 3.05) is 6.54 Å². The number of hydrogen-bond acceptors (Lipinski definition) is 5. The van der Waals surface area contributed by atoms with Crippen LogP contribution < -0.4 is 0 Å². The van der Waals surface area contributed by atoms with E-state index in [1.165, 1.54) is 28.0 Å². The molecule has 130 valence electrons. The highest BCUT2D eigenvalue weighted by molar-refractivity contribution is 8.26. The molecule has 1 N–H and O–H groups in total. The maximum absolute atomic E-state index is 12.4. The van der Waals surface area contributed by atoms with Gasteiger partial charge in [0, 0.05) is 17.0 Å². The van der Waals surface area contributed by atoms with E-state index in [1.54, 1.807) is 6.08 Å². The summed E-state index contributed by atoms with van der Waals surface area (Å²) in [5, 5.41) is 8.77. The van der Waals surface area contributed by atoms with Crippen molar-refractivity contribution in [3.63, 3.8) is 0 Å². The Kier molecular flexibility index (Phi) is 5.89. The van der Waals surface area contributed by atoms with E-state index in [9.17, 15) is 9.59 Å². The summed E-state index contributed by atoms with van der Waals surface area (Å²) in [4.78, 5) is 26.7. The number of aliphatic carboxylic acids is 1. The van der Waals surface area contributed by atoms with Gasteiger partial charge in [0.2, 0.25) is 0 Å². The summed E-state index contributed by atoms with van der Waals surface area (Å²) < 4.78 is 0.392. The number of thiocarbonyl (C=S) groups is 1. The maximum Gasteiger partial charge on any atom is 0.305 e. The number of thiophene rings is 1. The van der Waals surface area contributed by atoms with Crippen LogP contribution >= 0.6 is 35.3 Å². The van der Waals surface area contributed by atoms with Crippen molar-refractivity contribution < 1.29 is 14.7 Å². The third-order valence-electron chi connectivity index (χ3n) is 3.43. The van der Waals surface area contributed by atoms with Crippen LogP contribution in [0.25, 0.3) is 6.08 Å². The van der Waals surface area contributed by atoms with E-state index in [0.29, 0.717) is 9.23 Å². The predicted molar refractivity (Wildman–Crippen MR) is 109 cm³/mol. The van der Waals surface area contributed by atoms with E-state index in [0.717, 1.165) is 15.3 Å². The monoisotopic (exact) mass is 399 g/mol. The van der Waals surface area contributed by atoms with Crippen LogP contribution in [0.3, 0.4) is 0 Å². The first-order chi connectivity index (χ1) is 12.5. The number of carbonyl (C=O) groups is 2. The molecule has 1 fully saturated rings. The number of benzene rings is 1. The Balaban J connectivity index is 1.72. The molecule has 2 aromatic rings. The molecule has 0 unspecified atom stereocenters. The average Bonchev–Trinajstić information content (AvgIpc) is 3.17. The van der Waals surface area contributed by atoms with Gasteiger partial charge in [0.1, 0.15) is 4.32 Å². The molecule has 7 heteroatoms. The number of carboxylic acids is 1. The van der Waals surface area contributed by atoms with Gasteiger partial charge in [-0.15, -0.1) is 11.3 Å². The summed E-state index contributed by atoms with van der Waals surface area (Å²) in [5.41, 5.74) is 0.946. The zero-order valence-electron chi connectivity index (χ0n) is 13.5. The molecule has 3 rings (SSSR count). The minimum absolute atomic E-state index is 0.0928. The van der Waals surface area contributed by atoms with Gasteiger partial charge in [-0.05, 0) is 30.3 Å². The van der Waals surface area contributed by atoms with Crippen molar-refractivity contribution in [3.8, 4) is 11.8 Å². The Hall–Kier alpha value is -2.40. The number of carbonyl (C=O) groups excluding carboxylic acids is 1. The summed E-state index contributed by atoms with van der Waals surface area (Å²) in [6.07, 6.45) is 1.65. The normalized spacial score (nSPS) is 15.2. The highest BCUT2D eigenvalue weighted by atomic mass is 32.2. The van der Waals surface area contributed by atoms with Crippen LogP contribution in [-0.2, 0) is 9.59 Å². The number of amides is 1. The SMILES string of the molecule is O=C(O)CCN1C(=O)C(=Cc2ccc(C#Cc3ccccc3)s2)SC1=S. The lowest BCUT2D eigenvalue weighted by Crippen LogP contribution is -2.30. The van der Waals surface area contributed by atoms with E-state index >= 15 is 0 Å². The molecule has 4 nitrogen and oxygen atoms in total. The predicted octanol–water partition coefficient (Wildman–Crippen LogP) is 3.82. The number of rotatable bonds is 4. The second kappa shape index (κ2) is 8.32. The van der Waals surface area contributed by atoms with Crippen LogP contribution in [-0.4, -0.2) is 32.7 Å². The van der Waals surface area contributed by atoms with Gasteiger partial charge in [-0.25, -0.2) is 0 Å². The van der Waals surface area contributed by atoms with Gasteiger partial charge in [-0.1, -0.05) is 54.0 Å². The lowest BCUT2D eigenvalue weighted by molar-refractivity contribution is -0.137. The highest BCUT2D eigenvalue weighted by Crippen LogP contribution is 2.33. The number of carboxylic acid groups (broad SMARTS) is 1. The molecule has 0 atom stereocenters. The van der Waals surface area contributed by atoms with Crippen molar-refractivity contribution in [1.29, 1.82) is 0 Å². The molecular weight excluding hydrogens is 386 g/mol. The molecule has 1 aliphatic heterocycles. The first-order valence-electron chi connectivity index (χ1n) is 7.67. The standard InChI is InChI=1S/C19H13NO3S3/c21-17(22)10-11-20-18(23)16(26-19(20)24)12-15-9-8-14(25-15)7-6-13-4-2-1-3-5-13/h1-5,8-9,12H,10-11H2,(H,21,22). The van der Waals surface area contributed by atoms with Gasteiger partial charge in [0.05, 0.1) is 16.2 Å². The largest absolute Gasteiger partial charge is 0.481 e. The first-order valence-corrected chi connectivity index (χ1v) is 9.71.